The fraction of sp³-hybridized carbons (Fsp3) is 0.310. The maximum atomic E-state index is 13.7. The molecule has 5 rings (SSSR count). The molecule has 1 aliphatic rings. The molecule has 1 saturated heterocycles. The number of aromatic nitrogens is 1. The second-order valence-electron chi connectivity index (χ2n) is 10.4. The van der Waals surface area contributed by atoms with Gasteiger partial charge >= 0.3 is 0 Å². The number of fused-ring (bicyclic) bond motifs is 1. The summed E-state index contributed by atoms with van der Waals surface area (Å²) in [6.07, 6.45) is 1.71. The molecule has 4 aromatic rings. The van der Waals surface area contributed by atoms with Gasteiger partial charge in [0.25, 0.3) is 10.0 Å². The quantitative estimate of drug-likeness (QED) is 0.324. The van der Waals surface area contributed by atoms with Crippen LogP contribution in [0.3, 0.4) is 0 Å². The summed E-state index contributed by atoms with van der Waals surface area (Å²) in [6.45, 7) is 8.74. The largest absolute Gasteiger partial charge is 0.268 e. The predicted octanol–water partition coefficient (Wildman–Crippen LogP) is 5.56. The summed E-state index contributed by atoms with van der Waals surface area (Å²) < 4.78 is 57.4. The molecule has 6 nitrogen and oxygen atoms in total. The summed E-state index contributed by atoms with van der Waals surface area (Å²) in [5.41, 5.74) is 3.45. The van der Waals surface area contributed by atoms with Crippen LogP contribution in [0.5, 0.6) is 0 Å². The van der Waals surface area contributed by atoms with Crippen LogP contribution >= 0.6 is 0 Å². The molecule has 0 bridgehead atoms. The minimum absolute atomic E-state index is 0.0431. The number of nitrogens with zero attached hydrogens (tertiary/aromatic N) is 2. The minimum Gasteiger partial charge on any atom is -0.241 e. The van der Waals surface area contributed by atoms with Crippen molar-refractivity contribution < 1.29 is 16.8 Å². The maximum Gasteiger partial charge on any atom is 0.268 e. The van der Waals surface area contributed by atoms with Crippen molar-refractivity contribution in [3.05, 3.63) is 95.7 Å². The lowest BCUT2D eigenvalue weighted by molar-refractivity contribution is 0.368. The first-order valence-electron chi connectivity index (χ1n) is 12.5. The summed E-state index contributed by atoms with van der Waals surface area (Å²) in [7, 11) is -7.51. The van der Waals surface area contributed by atoms with E-state index in [0.717, 1.165) is 22.1 Å². The number of benzene rings is 3. The van der Waals surface area contributed by atoms with Crippen LogP contribution in [0.25, 0.3) is 10.9 Å². The summed E-state index contributed by atoms with van der Waals surface area (Å²) in [6, 6.07) is 21.2. The SMILES string of the molecule is Cc1ccc(S(=O)(=O)N2C[C@@H](c3cn(S(=O)(=O)c4ccc(C)cc4)c4ccccc34)[C@H](C(C)C)C2)cc1. The Hall–Kier alpha value is -2.94. The third-order valence-corrected chi connectivity index (χ3v) is 11.1. The van der Waals surface area contributed by atoms with Crippen molar-refractivity contribution >= 4 is 30.9 Å². The van der Waals surface area contributed by atoms with E-state index in [-0.39, 0.29) is 27.5 Å². The standard InChI is InChI=1S/C29H32N2O4S2/c1-20(2)26-17-30(36(32,33)23-13-9-21(3)10-14-23)18-27(26)28-19-31(29-8-6-5-7-25(28)29)37(34,35)24-15-11-22(4)12-16-24/h5-16,19-20,26-27H,17-18H2,1-4H3/t26-,27+/m0/s1. The normalized spacial score (nSPS) is 19.2. The lowest BCUT2D eigenvalue weighted by atomic mass is 9.82. The van der Waals surface area contributed by atoms with Gasteiger partial charge in [-0.15, -0.1) is 0 Å². The van der Waals surface area contributed by atoms with Crippen molar-refractivity contribution in [1.82, 2.24) is 8.28 Å². The number of aryl methyl sites for hydroxylation is 2. The summed E-state index contributed by atoms with van der Waals surface area (Å²) >= 11 is 0. The van der Waals surface area contributed by atoms with Crippen LogP contribution in [-0.4, -0.2) is 38.2 Å². The first-order chi connectivity index (χ1) is 17.5. The van der Waals surface area contributed by atoms with Gasteiger partial charge in [0.1, 0.15) is 0 Å². The van der Waals surface area contributed by atoms with Crippen molar-refractivity contribution in [1.29, 1.82) is 0 Å². The Morgan fingerprint density at radius 3 is 1.84 bits per heavy atom. The molecule has 1 aliphatic heterocycles. The molecule has 1 aromatic heterocycles. The minimum atomic E-state index is -3.83. The molecule has 0 N–H and O–H groups in total. The van der Waals surface area contributed by atoms with E-state index < -0.39 is 20.0 Å². The monoisotopic (exact) mass is 536 g/mol. The first kappa shape index (κ1) is 25.7. The van der Waals surface area contributed by atoms with E-state index >= 15 is 0 Å². The van der Waals surface area contributed by atoms with Crippen molar-refractivity contribution in [2.45, 2.75) is 43.4 Å². The van der Waals surface area contributed by atoms with Crippen molar-refractivity contribution in [3.63, 3.8) is 0 Å². The fourth-order valence-corrected chi connectivity index (χ4v) is 8.23. The van der Waals surface area contributed by atoms with Crippen molar-refractivity contribution in [3.8, 4) is 0 Å². The summed E-state index contributed by atoms with van der Waals surface area (Å²) in [4.78, 5) is 0.506. The zero-order chi connectivity index (χ0) is 26.5. The molecule has 3 aromatic carbocycles. The second kappa shape index (κ2) is 9.42. The van der Waals surface area contributed by atoms with Gasteiger partial charge < -0.3 is 0 Å². The van der Waals surface area contributed by atoms with E-state index in [2.05, 4.69) is 13.8 Å². The van der Waals surface area contributed by atoms with Gasteiger partial charge in [-0.1, -0.05) is 67.4 Å². The molecule has 0 radical (unpaired) electrons. The molecule has 0 aliphatic carbocycles. The van der Waals surface area contributed by atoms with Crippen LogP contribution in [-0.2, 0) is 20.0 Å². The van der Waals surface area contributed by atoms with Gasteiger partial charge in [0.05, 0.1) is 15.3 Å². The van der Waals surface area contributed by atoms with Crippen LogP contribution in [0.2, 0.25) is 0 Å². The Balaban J connectivity index is 1.60. The van der Waals surface area contributed by atoms with Gasteiger partial charge in [-0.3, -0.25) is 0 Å². The molecule has 0 unspecified atom stereocenters. The highest BCUT2D eigenvalue weighted by Gasteiger charge is 2.42. The first-order valence-corrected chi connectivity index (χ1v) is 15.4. The number of sulfonamides is 1. The number of hydrogen-bond donors (Lipinski definition) is 0. The van der Waals surface area contributed by atoms with Gasteiger partial charge in [0, 0.05) is 30.6 Å². The predicted molar refractivity (Wildman–Crippen MR) is 147 cm³/mol. The molecule has 2 heterocycles. The van der Waals surface area contributed by atoms with Crippen LogP contribution in [0.15, 0.2) is 88.8 Å². The Kier molecular flexibility index (Phi) is 6.54. The molecule has 8 heteroatoms. The van der Waals surface area contributed by atoms with Crippen LogP contribution in [0.1, 0.15) is 36.5 Å². The van der Waals surface area contributed by atoms with Gasteiger partial charge in [0.2, 0.25) is 10.0 Å². The Bertz CT molecular complexity index is 1650. The lowest BCUT2D eigenvalue weighted by Crippen LogP contribution is -2.29. The van der Waals surface area contributed by atoms with Crippen LogP contribution in [0.4, 0.5) is 0 Å². The van der Waals surface area contributed by atoms with E-state index in [1.165, 1.54) is 3.97 Å². The second-order valence-corrected chi connectivity index (χ2v) is 14.1. The molecule has 37 heavy (non-hydrogen) atoms. The van der Waals surface area contributed by atoms with E-state index in [1.54, 1.807) is 46.9 Å². The fourth-order valence-electron chi connectivity index (χ4n) is 5.35. The van der Waals surface area contributed by atoms with Gasteiger partial charge in [0.15, 0.2) is 0 Å². The Morgan fingerprint density at radius 1 is 0.730 bits per heavy atom. The third kappa shape index (κ3) is 4.51. The highest BCUT2D eigenvalue weighted by atomic mass is 32.2. The molecule has 0 amide bonds. The molecule has 0 spiro atoms. The average Bonchev–Trinajstić information content (AvgIpc) is 3.48. The number of para-hydroxylation sites is 1. The smallest absolute Gasteiger partial charge is 0.241 e. The van der Waals surface area contributed by atoms with Crippen molar-refractivity contribution in [2.75, 3.05) is 13.1 Å². The molecular weight excluding hydrogens is 504 g/mol. The zero-order valence-corrected chi connectivity index (χ0v) is 23.1. The molecule has 1 fully saturated rings. The van der Waals surface area contributed by atoms with Crippen LogP contribution in [0, 0.1) is 25.7 Å². The highest BCUT2D eigenvalue weighted by Crippen LogP contribution is 2.43. The molecule has 0 saturated carbocycles. The van der Waals surface area contributed by atoms with E-state index in [0.29, 0.717) is 18.6 Å². The van der Waals surface area contributed by atoms with E-state index in [9.17, 15) is 16.8 Å². The zero-order valence-electron chi connectivity index (χ0n) is 21.5. The Morgan fingerprint density at radius 2 is 1.27 bits per heavy atom. The topological polar surface area (TPSA) is 76.5 Å². The maximum absolute atomic E-state index is 13.7. The molecule has 194 valence electrons. The average molecular weight is 537 g/mol. The van der Waals surface area contributed by atoms with E-state index in [4.69, 9.17) is 0 Å². The summed E-state index contributed by atoms with van der Waals surface area (Å²) in [5.74, 6) is 0.111. The number of hydrogen-bond acceptors (Lipinski definition) is 4. The van der Waals surface area contributed by atoms with Gasteiger partial charge in [-0.05, 0) is 61.6 Å². The summed E-state index contributed by atoms with van der Waals surface area (Å²) in [5, 5.41) is 0.837. The highest BCUT2D eigenvalue weighted by molar-refractivity contribution is 7.90. The van der Waals surface area contributed by atoms with Crippen molar-refractivity contribution in [2.24, 2.45) is 11.8 Å². The van der Waals surface area contributed by atoms with E-state index in [1.807, 2.05) is 50.2 Å². The third-order valence-electron chi connectivity index (χ3n) is 7.53. The van der Waals surface area contributed by atoms with Crippen LogP contribution < -0.4 is 0 Å². The van der Waals surface area contributed by atoms with Gasteiger partial charge in [-0.25, -0.2) is 20.8 Å². The van der Waals surface area contributed by atoms with Gasteiger partial charge in [-0.2, -0.15) is 4.31 Å². The molecule has 2 atom stereocenters. The number of rotatable bonds is 6. The lowest BCUT2D eigenvalue weighted by Gasteiger charge is -2.21. The Labute approximate surface area is 219 Å². The molecular formula is C29H32N2O4S2.